The van der Waals surface area contributed by atoms with Crippen molar-refractivity contribution in [3.8, 4) is 0 Å². The molecule has 3 amide bonds. The summed E-state index contributed by atoms with van der Waals surface area (Å²) in [5.41, 5.74) is 1.68. The Bertz CT molecular complexity index is 761. The zero-order valence-electron chi connectivity index (χ0n) is 14.4. The molecule has 1 heterocycles. The summed E-state index contributed by atoms with van der Waals surface area (Å²) in [6, 6.07) is 16.3. The molecule has 136 valence electrons. The molecular weight excluding hydrogens is 352 g/mol. The van der Waals surface area contributed by atoms with E-state index in [1.807, 2.05) is 42.5 Å². The first-order chi connectivity index (χ1) is 12.6. The topological polar surface area (TPSA) is 65.9 Å². The number of rotatable bonds is 4. The third-order valence-electron chi connectivity index (χ3n) is 4.36. The van der Waals surface area contributed by atoms with Gasteiger partial charge in [0.1, 0.15) is 0 Å². The number of amides is 3. The highest BCUT2D eigenvalue weighted by atomic mass is 35.5. The van der Waals surface area contributed by atoms with Crippen molar-refractivity contribution in [3.05, 3.63) is 59.6 Å². The summed E-state index contributed by atoms with van der Waals surface area (Å²) in [6.07, 6.45) is 0. The van der Waals surface area contributed by atoms with Crippen molar-refractivity contribution in [1.82, 2.24) is 5.32 Å². The Morgan fingerprint density at radius 2 is 1.65 bits per heavy atom. The zero-order valence-corrected chi connectivity index (χ0v) is 15.1. The van der Waals surface area contributed by atoms with E-state index in [4.69, 9.17) is 11.6 Å². The van der Waals surface area contributed by atoms with Gasteiger partial charge in [0.25, 0.3) is 5.91 Å². The van der Waals surface area contributed by atoms with Gasteiger partial charge in [0.2, 0.25) is 0 Å². The van der Waals surface area contributed by atoms with Crippen LogP contribution in [0.1, 0.15) is 0 Å². The lowest BCUT2D eigenvalue weighted by molar-refractivity contribution is -0.892. The lowest BCUT2D eigenvalue weighted by atomic mass is 10.2. The van der Waals surface area contributed by atoms with Crippen LogP contribution in [0.5, 0.6) is 0 Å². The first kappa shape index (κ1) is 18.2. The molecule has 0 spiro atoms. The van der Waals surface area contributed by atoms with Crippen molar-refractivity contribution in [2.45, 2.75) is 0 Å². The molecule has 1 aliphatic rings. The predicted molar refractivity (Wildman–Crippen MR) is 103 cm³/mol. The number of benzene rings is 2. The number of anilines is 2. The number of carbonyl (C=O) groups is 2. The molecule has 0 saturated carbocycles. The number of hydrogen-bond donors (Lipinski definition) is 3. The minimum absolute atomic E-state index is 0.276. The van der Waals surface area contributed by atoms with E-state index in [1.54, 1.807) is 12.1 Å². The van der Waals surface area contributed by atoms with Crippen LogP contribution in [0, 0.1) is 0 Å². The van der Waals surface area contributed by atoms with Gasteiger partial charge in [-0.15, -0.1) is 0 Å². The van der Waals surface area contributed by atoms with E-state index in [1.165, 1.54) is 0 Å². The number of para-hydroxylation sites is 2. The van der Waals surface area contributed by atoms with Gasteiger partial charge in [0.15, 0.2) is 6.54 Å². The smallest absolute Gasteiger partial charge is 0.326 e. The number of urea groups is 1. The van der Waals surface area contributed by atoms with Crippen LogP contribution >= 0.6 is 11.6 Å². The number of quaternary nitrogens is 1. The van der Waals surface area contributed by atoms with Crippen LogP contribution < -0.4 is 20.4 Å². The lowest BCUT2D eigenvalue weighted by Gasteiger charge is -2.33. The quantitative estimate of drug-likeness (QED) is 0.759. The van der Waals surface area contributed by atoms with Gasteiger partial charge < -0.3 is 15.1 Å². The summed E-state index contributed by atoms with van der Waals surface area (Å²) in [4.78, 5) is 27.3. The molecule has 0 atom stereocenters. The number of halogens is 1. The van der Waals surface area contributed by atoms with E-state index in [-0.39, 0.29) is 12.5 Å². The molecule has 6 nitrogen and oxygen atoms in total. The van der Waals surface area contributed by atoms with Crippen molar-refractivity contribution in [2.24, 2.45) is 0 Å². The van der Waals surface area contributed by atoms with Gasteiger partial charge in [0, 0.05) is 5.69 Å². The molecular formula is C19H22ClN4O2+. The van der Waals surface area contributed by atoms with Crippen LogP contribution in [0.4, 0.5) is 16.2 Å². The maximum atomic E-state index is 12.1. The van der Waals surface area contributed by atoms with Crippen LogP contribution in [0.25, 0.3) is 0 Å². The average molecular weight is 374 g/mol. The molecule has 26 heavy (non-hydrogen) atoms. The molecule has 0 unspecified atom stereocenters. The third kappa shape index (κ3) is 4.97. The van der Waals surface area contributed by atoms with E-state index < -0.39 is 6.03 Å². The maximum Gasteiger partial charge on any atom is 0.326 e. The van der Waals surface area contributed by atoms with Gasteiger partial charge >= 0.3 is 6.03 Å². The number of carbonyl (C=O) groups excluding carboxylic acids is 2. The zero-order chi connectivity index (χ0) is 18.4. The Kier molecular flexibility index (Phi) is 6.09. The molecule has 0 radical (unpaired) electrons. The first-order valence-electron chi connectivity index (χ1n) is 8.61. The van der Waals surface area contributed by atoms with Gasteiger partial charge in [-0.25, -0.2) is 4.79 Å². The Hall–Kier alpha value is -2.57. The van der Waals surface area contributed by atoms with Gasteiger partial charge in [-0.2, -0.15) is 0 Å². The van der Waals surface area contributed by atoms with E-state index in [9.17, 15) is 9.59 Å². The predicted octanol–water partition coefficient (Wildman–Crippen LogP) is 1.39. The molecule has 0 aromatic heterocycles. The Labute approximate surface area is 157 Å². The highest BCUT2D eigenvalue weighted by Gasteiger charge is 2.24. The average Bonchev–Trinajstić information content (AvgIpc) is 2.63. The van der Waals surface area contributed by atoms with Gasteiger partial charge in [-0.05, 0) is 24.3 Å². The van der Waals surface area contributed by atoms with Gasteiger partial charge in [-0.1, -0.05) is 41.9 Å². The van der Waals surface area contributed by atoms with E-state index in [0.29, 0.717) is 5.69 Å². The van der Waals surface area contributed by atoms with Crippen molar-refractivity contribution >= 4 is 34.9 Å². The molecule has 3 N–H and O–H groups in total. The molecule has 7 heteroatoms. The molecule has 3 rings (SSSR count). The van der Waals surface area contributed by atoms with Crippen molar-refractivity contribution in [2.75, 3.05) is 42.9 Å². The first-order valence-corrected chi connectivity index (χ1v) is 8.98. The summed E-state index contributed by atoms with van der Waals surface area (Å²) in [5.74, 6) is -0.278. The monoisotopic (exact) mass is 373 g/mol. The summed E-state index contributed by atoms with van der Waals surface area (Å²) >= 11 is 6.25. The molecule has 0 aliphatic carbocycles. The lowest BCUT2D eigenvalue weighted by Crippen LogP contribution is -3.16. The Balaban J connectivity index is 1.43. The molecule has 1 saturated heterocycles. The van der Waals surface area contributed by atoms with Crippen molar-refractivity contribution < 1.29 is 14.5 Å². The van der Waals surface area contributed by atoms with Crippen molar-refractivity contribution in [3.63, 3.8) is 0 Å². The van der Waals surface area contributed by atoms with Gasteiger partial charge in [0.05, 0.1) is 36.9 Å². The third-order valence-corrected chi connectivity index (χ3v) is 4.68. The summed E-state index contributed by atoms with van der Waals surface area (Å²) < 4.78 is 0. The second kappa shape index (κ2) is 8.69. The SMILES string of the molecule is O=C(C[NH+]1CCN(c2ccccc2Cl)CC1)NC(=O)Nc1ccccc1. The minimum atomic E-state index is -0.504. The maximum absolute atomic E-state index is 12.1. The normalized spacial score (nSPS) is 14.7. The number of imide groups is 1. The fourth-order valence-electron chi connectivity index (χ4n) is 3.03. The number of nitrogens with one attached hydrogen (secondary N) is 3. The van der Waals surface area contributed by atoms with Crippen LogP contribution in [0.2, 0.25) is 5.02 Å². The second-order valence-electron chi connectivity index (χ2n) is 6.23. The van der Waals surface area contributed by atoms with Crippen LogP contribution in [0.3, 0.4) is 0 Å². The summed E-state index contributed by atoms with van der Waals surface area (Å²) in [7, 11) is 0. The fraction of sp³-hybridized carbons (Fsp3) is 0.263. The highest BCUT2D eigenvalue weighted by molar-refractivity contribution is 6.33. The molecule has 2 aromatic rings. The Morgan fingerprint density at radius 3 is 2.35 bits per heavy atom. The summed E-state index contributed by atoms with van der Waals surface area (Å²) in [6.45, 7) is 3.56. The van der Waals surface area contributed by atoms with E-state index >= 15 is 0 Å². The fourth-order valence-corrected chi connectivity index (χ4v) is 3.29. The molecule has 2 aromatic carbocycles. The summed E-state index contributed by atoms with van der Waals surface area (Å²) in [5, 5.41) is 5.77. The molecule has 1 aliphatic heterocycles. The molecule has 0 bridgehead atoms. The van der Waals surface area contributed by atoms with E-state index in [2.05, 4.69) is 15.5 Å². The van der Waals surface area contributed by atoms with Gasteiger partial charge in [-0.3, -0.25) is 10.1 Å². The largest absolute Gasteiger partial charge is 0.359 e. The van der Waals surface area contributed by atoms with Crippen LogP contribution in [-0.4, -0.2) is 44.7 Å². The second-order valence-corrected chi connectivity index (χ2v) is 6.64. The van der Waals surface area contributed by atoms with Crippen LogP contribution in [0.15, 0.2) is 54.6 Å². The molecule has 1 fully saturated rings. The minimum Gasteiger partial charge on any atom is -0.359 e. The van der Waals surface area contributed by atoms with Crippen molar-refractivity contribution in [1.29, 1.82) is 0 Å². The number of hydrogen-bond acceptors (Lipinski definition) is 3. The standard InChI is InChI=1S/C19H21ClN4O2/c20-16-8-4-5-9-17(16)24-12-10-23(11-13-24)14-18(25)22-19(26)21-15-6-2-1-3-7-15/h1-9H,10-14H2,(H2,21,22,25,26)/p+1. The Morgan fingerprint density at radius 1 is 1.00 bits per heavy atom. The number of piperazine rings is 1. The van der Waals surface area contributed by atoms with Crippen LogP contribution in [-0.2, 0) is 4.79 Å². The van der Waals surface area contributed by atoms with E-state index in [0.717, 1.165) is 41.8 Å². The highest BCUT2D eigenvalue weighted by Crippen LogP contribution is 2.24. The number of nitrogens with zero attached hydrogens (tertiary/aromatic N) is 1.